The van der Waals surface area contributed by atoms with E-state index in [9.17, 15) is 9.59 Å². The molecule has 5 nitrogen and oxygen atoms in total. The van der Waals surface area contributed by atoms with E-state index in [1.54, 1.807) is 11.8 Å². The molecule has 184 valence electrons. The topological polar surface area (TPSA) is 69.6 Å². The molecule has 0 heterocycles. The lowest BCUT2D eigenvalue weighted by Gasteiger charge is -2.24. The molecule has 0 spiro atoms. The van der Waals surface area contributed by atoms with Crippen LogP contribution in [0, 0.1) is 0 Å². The Hall–Kier alpha value is -3.25. The number of benzene rings is 3. The number of carbonyl (C=O) groups is 2. The Morgan fingerprint density at radius 3 is 2.31 bits per heavy atom. The molecule has 0 aliphatic rings. The first kappa shape index (κ1) is 26.4. The average Bonchev–Trinajstić information content (AvgIpc) is 2.85. The van der Waals surface area contributed by atoms with E-state index in [1.165, 1.54) is 18.4 Å². The van der Waals surface area contributed by atoms with Crippen molar-refractivity contribution in [3.8, 4) is 0 Å². The van der Waals surface area contributed by atoms with Crippen LogP contribution in [0.3, 0.4) is 0 Å². The van der Waals surface area contributed by atoms with Crippen molar-refractivity contribution in [1.29, 1.82) is 0 Å². The second-order valence-electron chi connectivity index (χ2n) is 8.50. The van der Waals surface area contributed by atoms with Crippen LogP contribution in [-0.4, -0.2) is 30.2 Å². The highest BCUT2D eigenvalue weighted by atomic mass is 32.2. The smallest absolute Gasteiger partial charge is 0.321 e. The summed E-state index contributed by atoms with van der Waals surface area (Å²) < 4.78 is 0. The van der Waals surface area contributed by atoms with Crippen LogP contribution in [0.2, 0.25) is 0 Å². The molecule has 0 aliphatic heterocycles. The fraction of sp³-hybridized carbons (Fsp3) is 0.310. The normalized spacial score (nSPS) is 10.7. The maximum atomic E-state index is 13.2. The van der Waals surface area contributed by atoms with Crippen molar-refractivity contribution in [3.05, 3.63) is 90.0 Å². The van der Waals surface area contributed by atoms with Gasteiger partial charge in [0.1, 0.15) is 0 Å². The van der Waals surface area contributed by atoms with Crippen molar-refractivity contribution < 1.29 is 14.7 Å². The highest BCUT2D eigenvalue weighted by molar-refractivity contribution is 7.99. The SMILES string of the molecule is CCCCCCNC(=O)N(CCc1ccccc1)c1cccc(Sc2cccc(CC(=O)O)c2)c1. The molecular weight excluding hydrogens is 456 g/mol. The quantitative estimate of drug-likeness (QED) is 0.258. The molecule has 2 amide bonds. The number of carbonyl (C=O) groups excluding carboxylic acids is 1. The van der Waals surface area contributed by atoms with Crippen LogP contribution in [-0.2, 0) is 17.6 Å². The van der Waals surface area contributed by atoms with E-state index >= 15 is 0 Å². The number of urea groups is 1. The standard InChI is InChI=1S/C29H34N2O3S/c1-2-3-4-8-18-30-29(34)31(19-17-23-11-6-5-7-12-23)25-14-10-16-27(22-25)35-26-15-9-13-24(20-26)21-28(32)33/h5-7,9-16,20,22H,2-4,8,17-19,21H2,1H3,(H,30,34)(H,32,33). The molecule has 0 saturated heterocycles. The molecule has 3 rings (SSSR count). The molecular formula is C29H34N2O3S. The van der Waals surface area contributed by atoms with Gasteiger partial charge >= 0.3 is 12.0 Å². The largest absolute Gasteiger partial charge is 0.481 e. The number of nitrogens with zero attached hydrogens (tertiary/aromatic N) is 1. The number of anilines is 1. The monoisotopic (exact) mass is 490 g/mol. The zero-order valence-electron chi connectivity index (χ0n) is 20.3. The average molecular weight is 491 g/mol. The molecule has 0 atom stereocenters. The van der Waals surface area contributed by atoms with Gasteiger partial charge in [0, 0.05) is 28.6 Å². The van der Waals surface area contributed by atoms with Crippen molar-refractivity contribution in [1.82, 2.24) is 5.32 Å². The van der Waals surface area contributed by atoms with E-state index in [2.05, 4.69) is 24.4 Å². The molecule has 35 heavy (non-hydrogen) atoms. The minimum Gasteiger partial charge on any atom is -0.481 e. The van der Waals surface area contributed by atoms with Crippen LogP contribution >= 0.6 is 11.8 Å². The lowest BCUT2D eigenvalue weighted by atomic mass is 10.1. The molecule has 0 aromatic heterocycles. The van der Waals surface area contributed by atoms with E-state index < -0.39 is 5.97 Å². The lowest BCUT2D eigenvalue weighted by molar-refractivity contribution is -0.136. The van der Waals surface area contributed by atoms with Gasteiger partial charge in [0.2, 0.25) is 0 Å². The van der Waals surface area contributed by atoms with Crippen LogP contribution in [0.1, 0.15) is 43.7 Å². The van der Waals surface area contributed by atoms with Crippen molar-refractivity contribution in [2.75, 3.05) is 18.0 Å². The van der Waals surface area contributed by atoms with Gasteiger partial charge in [-0.1, -0.05) is 86.5 Å². The third-order valence-electron chi connectivity index (χ3n) is 5.64. The van der Waals surface area contributed by atoms with Gasteiger partial charge in [-0.2, -0.15) is 0 Å². The van der Waals surface area contributed by atoms with Crippen molar-refractivity contribution >= 4 is 29.4 Å². The Morgan fingerprint density at radius 1 is 0.857 bits per heavy atom. The summed E-state index contributed by atoms with van der Waals surface area (Å²) in [5.41, 5.74) is 2.80. The van der Waals surface area contributed by atoms with E-state index in [4.69, 9.17) is 5.11 Å². The predicted octanol–water partition coefficient (Wildman–Crippen LogP) is 6.80. The first-order chi connectivity index (χ1) is 17.0. The fourth-order valence-corrected chi connectivity index (χ4v) is 4.78. The molecule has 0 bridgehead atoms. The van der Waals surface area contributed by atoms with E-state index in [0.29, 0.717) is 13.1 Å². The summed E-state index contributed by atoms with van der Waals surface area (Å²) in [6, 6.07) is 25.6. The van der Waals surface area contributed by atoms with Gasteiger partial charge in [-0.15, -0.1) is 0 Å². The van der Waals surface area contributed by atoms with Gasteiger partial charge in [-0.3, -0.25) is 9.69 Å². The van der Waals surface area contributed by atoms with Gasteiger partial charge in [-0.05, 0) is 54.3 Å². The van der Waals surface area contributed by atoms with Crippen LogP contribution < -0.4 is 10.2 Å². The molecule has 0 unspecified atom stereocenters. The summed E-state index contributed by atoms with van der Waals surface area (Å²) in [5.74, 6) is -0.844. The Bertz CT molecular complexity index is 1090. The number of nitrogens with one attached hydrogen (secondary N) is 1. The molecule has 3 aromatic rings. The van der Waals surface area contributed by atoms with Crippen molar-refractivity contribution in [3.63, 3.8) is 0 Å². The molecule has 3 aromatic carbocycles. The maximum absolute atomic E-state index is 13.2. The second kappa shape index (κ2) is 14.2. The maximum Gasteiger partial charge on any atom is 0.321 e. The van der Waals surface area contributed by atoms with Crippen LogP contribution in [0.25, 0.3) is 0 Å². The number of hydrogen-bond donors (Lipinski definition) is 2. The third-order valence-corrected chi connectivity index (χ3v) is 6.62. The third kappa shape index (κ3) is 9.13. The summed E-state index contributed by atoms with van der Waals surface area (Å²) in [6.45, 7) is 3.43. The first-order valence-electron chi connectivity index (χ1n) is 12.2. The van der Waals surface area contributed by atoms with Gasteiger partial charge < -0.3 is 10.4 Å². The first-order valence-corrected chi connectivity index (χ1v) is 13.0. The minimum absolute atomic E-state index is 0.000130. The highest BCUT2D eigenvalue weighted by Crippen LogP contribution is 2.31. The number of aliphatic carboxylic acids is 1. The summed E-state index contributed by atoms with van der Waals surface area (Å²) >= 11 is 1.56. The van der Waals surface area contributed by atoms with Crippen LogP contribution in [0.5, 0.6) is 0 Å². The van der Waals surface area contributed by atoms with Crippen molar-refractivity contribution in [2.45, 2.75) is 55.2 Å². The Balaban J connectivity index is 1.74. The number of hydrogen-bond acceptors (Lipinski definition) is 3. The van der Waals surface area contributed by atoms with E-state index in [-0.39, 0.29) is 12.5 Å². The van der Waals surface area contributed by atoms with Gasteiger partial charge in [0.25, 0.3) is 0 Å². The zero-order valence-corrected chi connectivity index (χ0v) is 21.1. The van der Waals surface area contributed by atoms with E-state index in [0.717, 1.165) is 40.3 Å². The second-order valence-corrected chi connectivity index (χ2v) is 9.64. The molecule has 2 N–H and O–H groups in total. The number of rotatable bonds is 13. The molecule has 0 saturated carbocycles. The molecule has 0 radical (unpaired) electrons. The van der Waals surface area contributed by atoms with Gasteiger partial charge in [0.05, 0.1) is 6.42 Å². The Kier molecular flexibility index (Phi) is 10.7. The summed E-state index contributed by atoms with van der Waals surface area (Å²) in [4.78, 5) is 28.0. The Morgan fingerprint density at radius 2 is 1.57 bits per heavy atom. The molecule has 6 heteroatoms. The lowest BCUT2D eigenvalue weighted by Crippen LogP contribution is -2.41. The number of unbranched alkanes of at least 4 members (excludes halogenated alkanes) is 3. The summed E-state index contributed by atoms with van der Waals surface area (Å²) in [6.07, 6.45) is 5.21. The molecule has 0 fully saturated rings. The summed E-state index contributed by atoms with van der Waals surface area (Å²) in [5, 5.41) is 12.2. The van der Waals surface area contributed by atoms with Crippen LogP contribution in [0.15, 0.2) is 88.7 Å². The van der Waals surface area contributed by atoms with Crippen molar-refractivity contribution in [2.24, 2.45) is 0 Å². The fourth-order valence-electron chi connectivity index (χ4n) is 3.82. The highest BCUT2D eigenvalue weighted by Gasteiger charge is 2.16. The van der Waals surface area contributed by atoms with Gasteiger partial charge in [0.15, 0.2) is 0 Å². The predicted molar refractivity (Wildman–Crippen MR) is 143 cm³/mol. The Labute approximate surface area is 212 Å². The van der Waals surface area contributed by atoms with Crippen LogP contribution in [0.4, 0.5) is 10.5 Å². The van der Waals surface area contributed by atoms with E-state index in [1.807, 2.05) is 71.6 Å². The number of amides is 2. The zero-order chi connectivity index (χ0) is 24.9. The molecule has 0 aliphatic carbocycles. The van der Waals surface area contributed by atoms with Gasteiger partial charge in [-0.25, -0.2) is 4.79 Å². The minimum atomic E-state index is -0.844. The summed E-state index contributed by atoms with van der Waals surface area (Å²) in [7, 11) is 0. The number of carboxylic acids is 1. The number of carboxylic acid groups (broad SMARTS) is 1.